The summed E-state index contributed by atoms with van der Waals surface area (Å²) < 4.78 is 0. The van der Waals surface area contributed by atoms with Crippen LogP contribution in [0, 0.1) is 28.2 Å². The molecule has 38 heavy (non-hydrogen) atoms. The van der Waals surface area contributed by atoms with E-state index >= 15 is 0 Å². The number of phenols is 1. The zero-order valence-electron chi connectivity index (χ0n) is 24.8. The third-order valence-corrected chi connectivity index (χ3v) is 5.81. The van der Waals surface area contributed by atoms with Crippen molar-refractivity contribution in [2.45, 2.75) is 98.8 Å². The van der Waals surface area contributed by atoms with E-state index in [0.29, 0.717) is 5.75 Å². The second-order valence-electron chi connectivity index (χ2n) is 11.4. The summed E-state index contributed by atoms with van der Waals surface area (Å²) in [6, 6.07) is 23.9. The first-order chi connectivity index (χ1) is 16.3. The molecule has 1 aliphatic carbocycles. The summed E-state index contributed by atoms with van der Waals surface area (Å²) in [5.41, 5.74) is 5.40. The fraction of sp³-hybridized carbons (Fsp3) is 0.417. The zero-order chi connectivity index (χ0) is 26.5. The van der Waals surface area contributed by atoms with Gasteiger partial charge in [-0.3, -0.25) is 0 Å². The first-order valence-corrected chi connectivity index (χ1v) is 12.9. The summed E-state index contributed by atoms with van der Waals surface area (Å²) in [7, 11) is 0. The van der Waals surface area contributed by atoms with Crippen LogP contribution in [0.25, 0.3) is 0 Å². The summed E-state index contributed by atoms with van der Waals surface area (Å²) in [6.45, 7) is 22.3. The van der Waals surface area contributed by atoms with Crippen molar-refractivity contribution in [1.29, 1.82) is 0 Å². The van der Waals surface area contributed by atoms with Crippen LogP contribution in [0.4, 0.5) is 0 Å². The van der Waals surface area contributed by atoms with Crippen LogP contribution in [0.5, 0.6) is 5.75 Å². The Morgan fingerprint density at radius 3 is 1.05 bits per heavy atom. The van der Waals surface area contributed by atoms with Crippen LogP contribution in [0.1, 0.15) is 109 Å². The van der Waals surface area contributed by atoms with E-state index in [2.05, 4.69) is 74.4 Å². The van der Waals surface area contributed by atoms with Gasteiger partial charge in [0.1, 0.15) is 5.75 Å². The monoisotopic (exact) mass is 593 g/mol. The molecule has 0 heterocycles. The zero-order valence-corrected chi connectivity index (χ0v) is 27.3. The molecule has 1 nitrogen and oxygen atoms in total. The number of phenolic OH excluding ortho intramolecular Hbond substituents is 1. The van der Waals surface area contributed by atoms with Gasteiger partial charge in [0.2, 0.25) is 0 Å². The van der Waals surface area contributed by atoms with Crippen LogP contribution in [0.15, 0.2) is 72.8 Å². The molecule has 1 saturated carbocycles. The normalized spacial score (nSPS) is 11.8. The maximum absolute atomic E-state index is 10.4. The van der Waals surface area contributed by atoms with E-state index in [-0.39, 0.29) is 51.9 Å². The fourth-order valence-electron chi connectivity index (χ4n) is 3.76. The van der Waals surface area contributed by atoms with Gasteiger partial charge >= 0.3 is 26.2 Å². The van der Waals surface area contributed by atoms with E-state index < -0.39 is 0 Å². The van der Waals surface area contributed by atoms with Gasteiger partial charge in [-0.05, 0) is 28.9 Å². The number of hydrogen-bond acceptors (Lipinski definition) is 1. The molecule has 1 fully saturated rings. The third kappa shape index (κ3) is 16.8. The van der Waals surface area contributed by atoms with Crippen molar-refractivity contribution in [2.24, 2.45) is 0 Å². The van der Waals surface area contributed by atoms with Crippen molar-refractivity contribution in [3.63, 3.8) is 0 Å². The first-order valence-electron chi connectivity index (χ1n) is 12.9. The molecule has 3 aromatic carbocycles. The molecule has 0 amide bonds. The van der Waals surface area contributed by atoms with Gasteiger partial charge in [-0.2, -0.15) is 49.2 Å². The van der Waals surface area contributed by atoms with Gasteiger partial charge in [0.05, 0.1) is 0 Å². The van der Waals surface area contributed by atoms with E-state index in [9.17, 15) is 5.11 Å². The Morgan fingerprint density at radius 1 is 0.605 bits per heavy atom. The van der Waals surface area contributed by atoms with Gasteiger partial charge in [-0.1, -0.05) is 111 Å². The molecule has 1 radical (unpaired) electrons. The van der Waals surface area contributed by atoms with Gasteiger partial charge in [-0.15, -0.1) is 24.3 Å². The second kappa shape index (κ2) is 20.1. The molecular formula is C36H55OZr. The van der Waals surface area contributed by atoms with Gasteiger partial charge in [0.15, 0.2) is 0 Å². The van der Waals surface area contributed by atoms with E-state index in [0.717, 1.165) is 22.3 Å². The minimum absolute atomic E-state index is 0. The van der Waals surface area contributed by atoms with Gasteiger partial charge in [0.25, 0.3) is 0 Å². The Labute approximate surface area is 256 Å². The maximum Gasteiger partial charge on any atom is 3.00 e. The molecule has 4 rings (SSSR count). The molecule has 0 spiro atoms. The topological polar surface area (TPSA) is 20.2 Å². The quantitative estimate of drug-likeness (QED) is 0.257. The number of benzene rings is 3. The minimum Gasteiger partial charge on any atom is -0.507 e. The number of rotatable bonds is 0. The number of aromatic hydroxyl groups is 1. The van der Waals surface area contributed by atoms with Crippen molar-refractivity contribution < 1.29 is 31.3 Å². The Morgan fingerprint density at radius 2 is 0.868 bits per heavy atom. The van der Waals surface area contributed by atoms with Crippen LogP contribution in [-0.2, 0) is 37.0 Å². The fourth-order valence-corrected chi connectivity index (χ4v) is 3.76. The van der Waals surface area contributed by atoms with Crippen molar-refractivity contribution in [3.05, 3.63) is 122 Å². The smallest absolute Gasteiger partial charge is 0.507 e. The number of aryl methyl sites for hydroxylation is 1. The van der Waals surface area contributed by atoms with Crippen molar-refractivity contribution >= 4 is 0 Å². The second-order valence-corrected chi connectivity index (χ2v) is 11.4. The molecule has 0 aromatic heterocycles. The standard InChI is InChI=1S/C15H24O.2C7H7.C5H10.CH4.CH3.Zr/c1-10-8-11(14(2,3)4)13(16)12(9-10)15(5,6)7;2*1-7-5-3-2-4-6-7;1-2-4-5-3-1;;;/h8-9,16H,1-7H3;2*2-6H,1H2;1-5H2;1H4;1H3;/q;2*-1;;;-1;+3. The average Bonchev–Trinajstić information content (AvgIpc) is 3.36. The Hall–Kier alpha value is -1.92. The maximum atomic E-state index is 10.4. The van der Waals surface area contributed by atoms with Gasteiger partial charge < -0.3 is 12.5 Å². The molecule has 3 aromatic rings. The molecule has 209 valence electrons. The number of hydrogen-bond donors (Lipinski definition) is 1. The summed E-state index contributed by atoms with van der Waals surface area (Å²) in [4.78, 5) is 0. The SMILES string of the molecule is C.C1CCCC1.Cc1cc(C(C)(C)C)c(O)c(C(C)(C)C)c1.[CH2-]c1ccccc1.[CH2-]c1ccccc1.[CH3-].[Zr+3]. The van der Waals surface area contributed by atoms with E-state index in [1.54, 1.807) is 0 Å². The Bertz CT molecular complexity index is 880. The predicted octanol–water partition coefficient (Wildman–Crippen LogP) is 11.1. The van der Waals surface area contributed by atoms with Crippen LogP contribution in [0.3, 0.4) is 0 Å². The summed E-state index contributed by atoms with van der Waals surface area (Å²) in [6.07, 6.45) is 7.50. The van der Waals surface area contributed by atoms with E-state index in [1.165, 1.54) is 37.7 Å². The molecular weight excluding hydrogens is 540 g/mol. The third-order valence-electron chi connectivity index (χ3n) is 5.81. The molecule has 2 heteroatoms. The first kappa shape index (κ1) is 40.6. The molecule has 0 atom stereocenters. The molecule has 1 N–H and O–H groups in total. The Balaban J connectivity index is -0.000000466. The largest absolute Gasteiger partial charge is 3.00 e. The average molecular weight is 595 g/mol. The van der Waals surface area contributed by atoms with E-state index in [4.69, 9.17) is 0 Å². The Kier molecular flexibility index (Phi) is 21.4. The summed E-state index contributed by atoms with van der Waals surface area (Å²) >= 11 is 0. The molecule has 0 aliphatic heterocycles. The van der Waals surface area contributed by atoms with E-state index in [1.807, 2.05) is 60.7 Å². The van der Waals surface area contributed by atoms with Crippen LogP contribution < -0.4 is 0 Å². The van der Waals surface area contributed by atoms with Crippen molar-refractivity contribution in [1.82, 2.24) is 0 Å². The molecule has 0 unspecified atom stereocenters. The molecule has 0 bridgehead atoms. The van der Waals surface area contributed by atoms with Crippen molar-refractivity contribution in [3.8, 4) is 5.75 Å². The van der Waals surface area contributed by atoms with Crippen LogP contribution in [0.2, 0.25) is 0 Å². The molecule has 1 aliphatic rings. The van der Waals surface area contributed by atoms with Crippen LogP contribution in [-0.4, -0.2) is 5.11 Å². The van der Waals surface area contributed by atoms with Gasteiger partial charge in [-0.25, -0.2) is 0 Å². The van der Waals surface area contributed by atoms with Crippen molar-refractivity contribution in [2.75, 3.05) is 0 Å². The van der Waals surface area contributed by atoms with Gasteiger partial charge in [0, 0.05) is 0 Å². The van der Waals surface area contributed by atoms with Crippen LogP contribution >= 0.6 is 0 Å². The molecule has 0 saturated heterocycles. The minimum atomic E-state index is -0.0178. The predicted molar refractivity (Wildman–Crippen MR) is 168 cm³/mol. The summed E-state index contributed by atoms with van der Waals surface area (Å²) in [5, 5.41) is 10.4. The summed E-state index contributed by atoms with van der Waals surface area (Å²) in [5.74, 6) is 0.464.